The number of benzene rings is 1. The molecular weight excluding hydrogens is 376 g/mol. The average Bonchev–Trinajstić information content (AvgIpc) is 3.08. The van der Waals surface area contributed by atoms with Gasteiger partial charge in [0.15, 0.2) is 5.13 Å². The number of hydrogen-bond donors (Lipinski definition) is 2. The van der Waals surface area contributed by atoms with Gasteiger partial charge < -0.3 is 15.2 Å². The quantitative estimate of drug-likeness (QED) is 0.496. The summed E-state index contributed by atoms with van der Waals surface area (Å²) in [5.41, 5.74) is -0.0127. The largest absolute Gasteiger partial charge is 0.550 e. The number of anilines is 1. The number of carbonyl (C=O) groups excluding carboxylic acids is 3. The Balaban J connectivity index is 2.35. The van der Waals surface area contributed by atoms with Gasteiger partial charge in [-0.15, -0.1) is 0 Å². The Morgan fingerprint density at radius 1 is 1.22 bits per heavy atom. The maximum Gasteiger partial charge on any atom is 0.345 e. The second-order valence-corrected chi connectivity index (χ2v) is 6.36. The number of carboxylic acids is 1. The molecule has 1 heterocycles. The van der Waals surface area contributed by atoms with Crippen LogP contribution >= 0.6 is 11.3 Å². The predicted octanol–water partition coefficient (Wildman–Crippen LogP) is 0.736. The van der Waals surface area contributed by atoms with Crippen molar-refractivity contribution < 1.29 is 24.4 Å². The number of carbonyl (C=O) groups is 3. The Morgan fingerprint density at radius 3 is 2.44 bits per heavy atom. The Kier molecular flexibility index (Phi) is 6.55. The van der Waals surface area contributed by atoms with Crippen molar-refractivity contribution in [1.82, 2.24) is 10.3 Å². The van der Waals surface area contributed by atoms with E-state index < -0.39 is 29.1 Å². The molecule has 0 atom stereocenters. The minimum Gasteiger partial charge on any atom is -0.550 e. The summed E-state index contributed by atoms with van der Waals surface area (Å²) < 4.78 is 0. The van der Waals surface area contributed by atoms with Crippen molar-refractivity contribution in [1.29, 1.82) is 0 Å². The molecule has 0 spiro atoms. The summed E-state index contributed by atoms with van der Waals surface area (Å²) in [6.07, 6.45) is 1.04. The highest BCUT2D eigenvalue weighted by Gasteiger charge is 2.21. The molecule has 0 aliphatic carbocycles. The smallest absolute Gasteiger partial charge is 0.345 e. The number of aliphatic carboxylic acids is 1. The number of amides is 2. The first-order chi connectivity index (χ1) is 12.8. The average molecular weight is 391 g/mol. The molecule has 0 saturated carbocycles. The van der Waals surface area contributed by atoms with Crippen molar-refractivity contribution in [2.45, 2.75) is 19.8 Å². The first-order valence-electron chi connectivity index (χ1n) is 7.85. The number of thiazole rings is 1. The number of nitro groups is 1. The lowest BCUT2D eigenvalue weighted by Crippen LogP contribution is -2.30. The van der Waals surface area contributed by atoms with Gasteiger partial charge in [0.2, 0.25) is 0 Å². The van der Waals surface area contributed by atoms with E-state index in [1.807, 2.05) is 6.92 Å². The molecule has 27 heavy (non-hydrogen) atoms. The Labute approximate surface area is 157 Å². The lowest BCUT2D eigenvalue weighted by Gasteiger charge is -2.14. The maximum atomic E-state index is 12.5. The highest BCUT2D eigenvalue weighted by molar-refractivity contribution is 7.18. The molecule has 0 aliphatic heterocycles. The molecule has 0 aliphatic rings. The van der Waals surface area contributed by atoms with Crippen LogP contribution in [0.4, 0.5) is 10.1 Å². The van der Waals surface area contributed by atoms with Crippen LogP contribution in [-0.2, 0) is 11.2 Å². The molecule has 2 rings (SSSR count). The van der Waals surface area contributed by atoms with Crippen LogP contribution in [0.3, 0.4) is 0 Å². The molecular formula is C16H15N4O6S-. The zero-order valence-corrected chi connectivity index (χ0v) is 15.0. The standard InChI is InChI=1S/C16H16N4O6S/c1-2-6-17-14(23)9-4-3-5-10(11(9)7-13(21)22)15(24)19-16-18-8-12(27-16)20(25)26/h3-5,8H,2,6-7H2,1H3,(H,17,23)(H,21,22)(H,18,19,24)/p-1. The van der Waals surface area contributed by atoms with Gasteiger partial charge in [-0.25, -0.2) is 4.98 Å². The highest BCUT2D eigenvalue weighted by Crippen LogP contribution is 2.26. The highest BCUT2D eigenvalue weighted by atomic mass is 32.1. The molecule has 11 heteroatoms. The third-order valence-electron chi connectivity index (χ3n) is 3.42. The van der Waals surface area contributed by atoms with Gasteiger partial charge in [0.1, 0.15) is 6.20 Å². The van der Waals surface area contributed by atoms with E-state index in [-0.39, 0.29) is 26.8 Å². The lowest BCUT2D eigenvalue weighted by molar-refractivity contribution is -0.380. The van der Waals surface area contributed by atoms with Gasteiger partial charge in [-0.05, 0) is 35.5 Å². The molecule has 2 N–H and O–H groups in total. The summed E-state index contributed by atoms with van der Waals surface area (Å²) in [5, 5.41) is 26.5. The minimum absolute atomic E-state index is 0.00495. The zero-order chi connectivity index (χ0) is 20.0. The Bertz CT molecular complexity index is 895. The van der Waals surface area contributed by atoms with Crippen LogP contribution in [0.15, 0.2) is 24.4 Å². The number of carboxylic acid groups (broad SMARTS) is 1. The molecule has 2 aromatic rings. The Morgan fingerprint density at radius 2 is 1.89 bits per heavy atom. The Hall–Kier alpha value is -3.34. The van der Waals surface area contributed by atoms with Crippen LogP contribution in [0.5, 0.6) is 0 Å². The van der Waals surface area contributed by atoms with E-state index in [9.17, 15) is 29.6 Å². The van der Waals surface area contributed by atoms with Gasteiger partial charge in [0.25, 0.3) is 11.8 Å². The third kappa shape index (κ3) is 5.07. The van der Waals surface area contributed by atoms with Crippen LogP contribution in [0.25, 0.3) is 0 Å². The summed E-state index contributed by atoms with van der Waals surface area (Å²) >= 11 is 0.655. The molecule has 0 saturated heterocycles. The van der Waals surface area contributed by atoms with Gasteiger partial charge in [0.05, 0.1) is 4.92 Å². The molecule has 1 aromatic carbocycles. The van der Waals surface area contributed by atoms with Crippen LogP contribution in [0, 0.1) is 10.1 Å². The number of nitrogens with one attached hydrogen (secondary N) is 2. The number of rotatable bonds is 8. The number of nitrogens with zero attached hydrogens (tertiary/aromatic N) is 2. The van der Waals surface area contributed by atoms with Gasteiger partial charge in [-0.1, -0.05) is 13.0 Å². The van der Waals surface area contributed by atoms with E-state index in [0.29, 0.717) is 24.3 Å². The molecule has 0 unspecified atom stereocenters. The summed E-state index contributed by atoms with van der Waals surface area (Å²) in [6.45, 7) is 2.25. The molecule has 2 amide bonds. The van der Waals surface area contributed by atoms with E-state index in [4.69, 9.17) is 0 Å². The second-order valence-electron chi connectivity index (χ2n) is 5.35. The van der Waals surface area contributed by atoms with Crippen molar-refractivity contribution in [3.05, 3.63) is 51.2 Å². The van der Waals surface area contributed by atoms with E-state index >= 15 is 0 Å². The van der Waals surface area contributed by atoms with E-state index in [1.165, 1.54) is 18.2 Å². The third-order valence-corrected chi connectivity index (χ3v) is 4.28. The van der Waals surface area contributed by atoms with Crippen molar-refractivity contribution in [2.24, 2.45) is 0 Å². The van der Waals surface area contributed by atoms with Gasteiger partial charge in [0, 0.05) is 30.1 Å². The topological polar surface area (TPSA) is 154 Å². The number of hydrogen-bond acceptors (Lipinski definition) is 8. The van der Waals surface area contributed by atoms with Crippen molar-refractivity contribution >= 4 is 39.3 Å². The van der Waals surface area contributed by atoms with E-state index in [1.54, 1.807) is 0 Å². The van der Waals surface area contributed by atoms with Crippen molar-refractivity contribution in [3.63, 3.8) is 0 Å². The molecule has 10 nitrogen and oxygen atoms in total. The van der Waals surface area contributed by atoms with Crippen molar-refractivity contribution in [3.8, 4) is 0 Å². The first-order valence-corrected chi connectivity index (χ1v) is 8.66. The van der Waals surface area contributed by atoms with Gasteiger partial charge in [-0.3, -0.25) is 25.0 Å². The first kappa shape index (κ1) is 20.0. The minimum atomic E-state index is -1.45. The summed E-state index contributed by atoms with van der Waals surface area (Å²) in [7, 11) is 0. The van der Waals surface area contributed by atoms with E-state index in [2.05, 4.69) is 15.6 Å². The van der Waals surface area contributed by atoms with Crippen LogP contribution in [0.1, 0.15) is 39.6 Å². The fourth-order valence-electron chi connectivity index (χ4n) is 2.25. The molecule has 0 fully saturated rings. The fourth-order valence-corrected chi connectivity index (χ4v) is 2.88. The van der Waals surface area contributed by atoms with Crippen molar-refractivity contribution in [2.75, 3.05) is 11.9 Å². The summed E-state index contributed by atoms with van der Waals surface area (Å²) in [4.78, 5) is 49.7. The van der Waals surface area contributed by atoms with Gasteiger partial charge >= 0.3 is 5.00 Å². The predicted molar refractivity (Wildman–Crippen MR) is 94.5 cm³/mol. The lowest BCUT2D eigenvalue weighted by atomic mass is 9.97. The monoisotopic (exact) mass is 391 g/mol. The summed E-state index contributed by atoms with van der Waals surface area (Å²) in [5.74, 6) is -2.70. The molecule has 0 radical (unpaired) electrons. The van der Waals surface area contributed by atoms with Crippen LogP contribution < -0.4 is 15.7 Å². The van der Waals surface area contributed by atoms with Crippen LogP contribution in [0.2, 0.25) is 0 Å². The van der Waals surface area contributed by atoms with Crippen LogP contribution in [-0.4, -0.2) is 34.2 Å². The summed E-state index contributed by atoms with van der Waals surface area (Å²) in [6, 6.07) is 4.21. The zero-order valence-electron chi connectivity index (χ0n) is 14.2. The normalized spacial score (nSPS) is 10.3. The molecule has 1 aromatic heterocycles. The second kappa shape index (κ2) is 8.85. The molecule has 0 bridgehead atoms. The van der Waals surface area contributed by atoms with Gasteiger partial charge in [-0.2, -0.15) is 0 Å². The maximum absolute atomic E-state index is 12.5. The fraction of sp³-hybridized carbons (Fsp3) is 0.250. The number of aromatic nitrogens is 1. The molecule has 142 valence electrons. The SMILES string of the molecule is CCCNC(=O)c1cccc(C(=O)Nc2ncc([N+](=O)[O-])s2)c1CC(=O)[O-]. The van der Waals surface area contributed by atoms with E-state index in [0.717, 1.165) is 6.20 Å².